The van der Waals surface area contributed by atoms with Crippen molar-refractivity contribution in [2.75, 3.05) is 13.1 Å². The molecular formula is C40H62N2O6. The van der Waals surface area contributed by atoms with Crippen LogP contribution in [0.15, 0.2) is 60.7 Å². The van der Waals surface area contributed by atoms with Crippen LogP contribution in [0.4, 0.5) is 9.59 Å². The Labute approximate surface area is 289 Å². The van der Waals surface area contributed by atoms with Crippen molar-refractivity contribution in [3.8, 4) is 0 Å². The van der Waals surface area contributed by atoms with E-state index in [1.54, 1.807) is 9.80 Å². The molecule has 2 amide bonds. The molecule has 6 atom stereocenters. The smallest absolute Gasteiger partial charge is 0.410 e. The number of amides is 2. The van der Waals surface area contributed by atoms with Gasteiger partial charge in [0.25, 0.3) is 0 Å². The summed E-state index contributed by atoms with van der Waals surface area (Å²) < 4.78 is 11.1. The Morgan fingerprint density at radius 3 is 1.29 bits per heavy atom. The Kier molecular flexibility index (Phi) is 14.8. The fourth-order valence-corrected chi connectivity index (χ4v) is 6.78. The maximum Gasteiger partial charge on any atom is 0.410 e. The van der Waals surface area contributed by atoms with Gasteiger partial charge in [-0.15, -0.1) is 0 Å². The van der Waals surface area contributed by atoms with Gasteiger partial charge >= 0.3 is 12.2 Å². The minimum absolute atomic E-state index is 0.160. The average molecular weight is 667 g/mol. The maximum atomic E-state index is 12.5. The van der Waals surface area contributed by atoms with Gasteiger partial charge in [0.1, 0.15) is 11.2 Å². The van der Waals surface area contributed by atoms with Gasteiger partial charge in [-0.3, -0.25) is 0 Å². The quantitative estimate of drug-likeness (QED) is 0.296. The molecule has 2 N–H and O–H groups in total. The van der Waals surface area contributed by atoms with E-state index in [4.69, 9.17) is 9.47 Å². The van der Waals surface area contributed by atoms with Crippen LogP contribution >= 0.6 is 0 Å². The topological polar surface area (TPSA) is 99.5 Å². The first-order valence-electron chi connectivity index (χ1n) is 18.0. The van der Waals surface area contributed by atoms with E-state index in [0.29, 0.717) is 37.8 Å². The van der Waals surface area contributed by atoms with Gasteiger partial charge in [-0.25, -0.2) is 9.59 Å². The SMILES string of the molecule is CC[C@@H](O)[C@H]1CC(Cc2ccccc2)CCN1C(=O)OC(C)(C)C.CC[C@H](O)[C@H]1CC(Cc2ccccc2)CCN1C(=O)OC(C)(C)C. The first-order valence-corrected chi connectivity index (χ1v) is 18.0. The third kappa shape index (κ3) is 12.7. The van der Waals surface area contributed by atoms with E-state index in [9.17, 15) is 19.8 Å². The number of benzene rings is 2. The van der Waals surface area contributed by atoms with Crippen molar-refractivity contribution < 1.29 is 29.3 Å². The second-order valence-electron chi connectivity index (χ2n) is 15.6. The molecule has 2 aliphatic rings. The number of rotatable bonds is 8. The van der Waals surface area contributed by atoms with Crippen molar-refractivity contribution >= 4 is 12.2 Å². The van der Waals surface area contributed by atoms with Gasteiger partial charge in [-0.2, -0.15) is 0 Å². The van der Waals surface area contributed by atoms with Gasteiger partial charge in [-0.1, -0.05) is 74.5 Å². The molecule has 48 heavy (non-hydrogen) atoms. The van der Waals surface area contributed by atoms with Crippen LogP contribution in [0.5, 0.6) is 0 Å². The van der Waals surface area contributed by atoms with E-state index in [1.807, 2.05) is 67.5 Å². The van der Waals surface area contributed by atoms with E-state index in [1.165, 1.54) is 11.1 Å². The van der Waals surface area contributed by atoms with Gasteiger partial charge in [0, 0.05) is 13.1 Å². The van der Waals surface area contributed by atoms with Gasteiger partial charge in [0.2, 0.25) is 0 Å². The first kappa shape index (κ1) is 39.3. The maximum absolute atomic E-state index is 12.5. The number of likely N-dealkylation sites (tertiary alicyclic amines) is 2. The normalized spacial score (nSPS) is 23.0. The van der Waals surface area contributed by atoms with Crippen LogP contribution in [0.3, 0.4) is 0 Å². The van der Waals surface area contributed by atoms with E-state index in [2.05, 4.69) is 48.5 Å². The fraction of sp³-hybridized carbons (Fsp3) is 0.650. The molecule has 0 spiro atoms. The van der Waals surface area contributed by atoms with Crippen LogP contribution in [-0.2, 0) is 22.3 Å². The predicted molar refractivity (Wildman–Crippen MR) is 192 cm³/mol. The molecule has 2 fully saturated rings. The molecule has 2 aromatic rings. The van der Waals surface area contributed by atoms with Crippen molar-refractivity contribution in [1.82, 2.24) is 9.80 Å². The number of carbonyl (C=O) groups is 2. The molecule has 2 aliphatic heterocycles. The Bertz CT molecular complexity index is 1140. The van der Waals surface area contributed by atoms with Crippen LogP contribution in [0.1, 0.15) is 105 Å². The van der Waals surface area contributed by atoms with E-state index >= 15 is 0 Å². The van der Waals surface area contributed by atoms with Gasteiger partial charge in [-0.05, 0) is 116 Å². The summed E-state index contributed by atoms with van der Waals surface area (Å²) in [5.74, 6) is 0.967. The summed E-state index contributed by atoms with van der Waals surface area (Å²) in [6, 6.07) is 20.5. The van der Waals surface area contributed by atoms with Crippen molar-refractivity contribution in [3.63, 3.8) is 0 Å². The second kappa shape index (κ2) is 18.1. The summed E-state index contributed by atoms with van der Waals surface area (Å²) in [7, 11) is 0. The lowest BCUT2D eigenvalue weighted by Gasteiger charge is -2.42. The monoisotopic (exact) mass is 666 g/mol. The highest BCUT2D eigenvalue weighted by molar-refractivity contribution is 5.69. The number of aliphatic hydroxyl groups is 2. The predicted octanol–water partition coefficient (Wildman–Crippen LogP) is 8.03. The van der Waals surface area contributed by atoms with Crippen LogP contribution in [0.2, 0.25) is 0 Å². The molecule has 0 radical (unpaired) electrons. The standard InChI is InChI=1S/2C20H31NO3/c2*1-5-18(22)17-14-16(13-15-9-7-6-8-10-15)11-12-21(17)19(23)24-20(2,3)4/h2*6-10,16-18,22H,5,11-14H2,1-4H3/t16?,17-,18+;16?,17-,18-/m11/s1. The number of ether oxygens (including phenoxy) is 2. The third-order valence-electron chi connectivity index (χ3n) is 9.22. The summed E-state index contributed by atoms with van der Waals surface area (Å²) in [5.41, 5.74) is 1.61. The highest BCUT2D eigenvalue weighted by atomic mass is 16.6. The lowest BCUT2D eigenvalue weighted by Crippen LogP contribution is -2.53. The number of hydrogen-bond donors (Lipinski definition) is 2. The van der Waals surface area contributed by atoms with Crippen LogP contribution < -0.4 is 0 Å². The first-order chi connectivity index (χ1) is 22.6. The Hall–Kier alpha value is -3.10. The van der Waals surface area contributed by atoms with Crippen LogP contribution in [0, 0.1) is 11.8 Å². The van der Waals surface area contributed by atoms with Crippen molar-refractivity contribution in [1.29, 1.82) is 0 Å². The Morgan fingerprint density at radius 2 is 1.00 bits per heavy atom. The zero-order valence-corrected chi connectivity index (χ0v) is 30.7. The van der Waals surface area contributed by atoms with Crippen molar-refractivity contribution in [3.05, 3.63) is 71.8 Å². The minimum atomic E-state index is -0.514. The fourth-order valence-electron chi connectivity index (χ4n) is 6.78. The van der Waals surface area contributed by atoms with Crippen molar-refractivity contribution in [2.45, 2.75) is 142 Å². The summed E-state index contributed by atoms with van der Waals surface area (Å²) >= 11 is 0. The molecule has 2 unspecified atom stereocenters. The minimum Gasteiger partial charge on any atom is -0.444 e. The molecule has 0 aromatic heterocycles. The molecule has 8 nitrogen and oxygen atoms in total. The molecule has 2 saturated heterocycles. The molecule has 8 heteroatoms. The zero-order chi connectivity index (χ0) is 35.5. The number of aliphatic hydroxyl groups excluding tert-OH is 2. The molecule has 0 aliphatic carbocycles. The van der Waals surface area contributed by atoms with Gasteiger partial charge < -0.3 is 29.5 Å². The Balaban J connectivity index is 0.000000260. The molecule has 0 bridgehead atoms. The highest BCUT2D eigenvalue weighted by Gasteiger charge is 2.38. The molecule has 4 rings (SSSR count). The summed E-state index contributed by atoms with van der Waals surface area (Å²) in [6.07, 6.45) is 5.19. The largest absolute Gasteiger partial charge is 0.444 e. The lowest BCUT2D eigenvalue weighted by molar-refractivity contribution is -0.0255. The average Bonchev–Trinajstić information content (AvgIpc) is 3.03. The van der Waals surface area contributed by atoms with Crippen molar-refractivity contribution in [2.24, 2.45) is 11.8 Å². The van der Waals surface area contributed by atoms with Gasteiger partial charge in [0.05, 0.1) is 24.3 Å². The number of carbonyl (C=O) groups excluding carboxylic acids is 2. The summed E-state index contributed by atoms with van der Waals surface area (Å²) in [6.45, 7) is 16.4. The van der Waals surface area contributed by atoms with Crippen LogP contribution in [-0.4, -0.2) is 80.8 Å². The summed E-state index contributed by atoms with van der Waals surface area (Å²) in [5, 5.41) is 20.9. The molecular weight excluding hydrogens is 604 g/mol. The highest BCUT2D eigenvalue weighted by Crippen LogP contribution is 2.31. The molecule has 2 aromatic carbocycles. The number of hydrogen-bond acceptors (Lipinski definition) is 6. The van der Waals surface area contributed by atoms with E-state index < -0.39 is 23.4 Å². The summed E-state index contributed by atoms with van der Waals surface area (Å²) in [4.78, 5) is 28.5. The molecule has 0 saturated carbocycles. The molecule has 2 heterocycles. The van der Waals surface area contributed by atoms with E-state index in [0.717, 1.165) is 38.5 Å². The second-order valence-corrected chi connectivity index (χ2v) is 15.6. The number of nitrogens with zero attached hydrogens (tertiary/aromatic N) is 2. The van der Waals surface area contributed by atoms with Crippen LogP contribution in [0.25, 0.3) is 0 Å². The number of piperidine rings is 2. The Morgan fingerprint density at radius 1 is 0.667 bits per heavy atom. The third-order valence-corrected chi connectivity index (χ3v) is 9.22. The van der Waals surface area contributed by atoms with Gasteiger partial charge in [0.15, 0.2) is 0 Å². The lowest BCUT2D eigenvalue weighted by atomic mass is 9.84. The zero-order valence-electron chi connectivity index (χ0n) is 30.7. The molecule has 268 valence electrons. The van der Waals surface area contributed by atoms with E-state index in [-0.39, 0.29) is 24.3 Å².